The third-order valence-electron chi connectivity index (χ3n) is 5.61. The number of nitrogens with zero attached hydrogens (tertiary/aromatic N) is 3. The van der Waals surface area contributed by atoms with Crippen molar-refractivity contribution in [2.75, 3.05) is 50.8 Å². The number of carbonyl (C=O) groups is 2. The van der Waals surface area contributed by atoms with E-state index in [1.165, 1.54) is 0 Å². The van der Waals surface area contributed by atoms with Gasteiger partial charge in [0.1, 0.15) is 0 Å². The fraction of sp³-hybridized carbons (Fsp3) is 0.417. The molecule has 0 spiro atoms. The molecule has 2 amide bonds. The molecule has 2 aromatic rings. The van der Waals surface area contributed by atoms with Gasteiger partial charge in [-0.25, -0.2) is 0 Å². The van der Waals surface area contributed by atoms with Crippen LogP contribution in [-0.4, -0.2) is 72.6 Å². The Morgan fingerprint density at radius 1 is 0.903 bits per heavy atom. The SMILES string of the molecule is O=C(CCC(=O)N1CCN(c2ccc(Cl)cc2)CC1)N(CCO)CCc1ccccc1. The Bertz CT molecular complexity index is 837. The van der Waals surface area contributed by atoms with Crippen LogP contribution in [-0.2, 0) is 16.0 Å². The molecule has 6 nitrogen and oxygen atoms in total. The first-order chi connectivity index (χ1) is 15.1. The van der Waals surface area contributed by atoms with Crippen molar-refractivity contribution in [3.63, 3.8) is 0 Å². The van der Waals surface area contributed by atoms with Crippen LogP contribution in [0, 0.1) is 0 Å². The number of carbonyl (C=O) groups excluding carboxylic acids is 2. The molecule has 0 unspecified atom stereocenters. The van der Waals surface area contributed by atoms with Crippen LogP contribution in [0.4, 0.5) is 5.69 Å². The monoisotopic (exact) mass is 443 g/mol. The molecule has 1 aliphatic rings. The van der Waals surface area contributed by atoms with Crippen molar-refractivity contribution in [2.24, 2.45) is 0 Å². The smallest absolute Gasteiger partial charge is 0.223 e. The number of amides is 2. The Balaban J connectivity index is 1.43. The molecule has 1 saturated heterocycles. The van der Waals surface area contributed by atoms with Crippen LogP contribution in [0.15, 0.2) is 54.6 Å². The van der Waals surface area contributed by atoms with Crippen molar-refractivity contribution in [3.8, 4) is 0 Å². The standard InChI is InChI=1S/C24H30ClN3O3/c25-21-6-8-22(9-7-21)26-14-16-28(17-15-26)24(31)11-10-23(30)27(18-19-29)13-12-20-4-2-1-3-5-20/h1-9,29H,10-19H2. The Kier molecular flexibility index (Phi) is 8.74. The molecule has 0 saturated carbocycles. The molecule has 0 aromatic heterocycles. The lowest BCUT2D eigenvalue weighted by molar-refractivity contribution is -0.137. The average molecular weight is 444 g/mol. The van der Waals surface area contributed by atoms with E-state index in [0.29, 0.717) is 31.2 Å². The van der Waals surface area contributed by atoms with Gasteiger partial charge in [-0.15, -0.1) is 0 Å². The summed E-state index contributed by atoms with van der Waals surface area (Å²) in [6.45, 7) is 3.55. The van der Waals surface area contributed by atoms with E-state index in [2.05, 4.69) is 4.90 Å². The topological polar surface area (TPSA) is 64.1 Å². The minimum Gasteiger partial charge on any atom is -0.395 e. The van der Waals surface area contributed by atoms with Gasteiger partial charge in [0.05, 0.1) is 6.61 Å². The second-order valence-electron chi connectivity index (χ2n) is 7.68. The maximum atomic E-state index is 12.6. The van der Waals surface area contributed by atoms with Gasteiger partial charge in [0.15, 0.2) is 0 Å². The molecule has 1 N–H and O–H groups in total. The van der Waals surface area contributed by atoms with Crippen LogP contribution in [0.3, 0.4) is 0 Å². The van der Waals surface area contributed by atoms with Crippen LogP contribution in [0.25, 0.3) is 0 Å². The highest BCUT2D eigenvalue weighted by Crippen LogP contribution is 2.19. The van der Waals surface area contributed by atoms with Crippen molar-refractivity contribution in [2.45, 2.75) is 19.3 Å². The number of rotatable bonds is 9. The first-order valence-corrected chi connectivity index (χ1v) is 11.2. The van der Waals surface area contributed by atoms with Crippen molar-refractivity contribution in [1.29, 1.82) is 0 Å². The van der Waals surface area contributed by atoms with E-state index in [9.17, 15) is 14.7 Å². The first kappa shape index (κ1) is 23.1. The zero-order valence-corrected chi connectivity index (χ0v) is 18.5. The minimum atomic E-state index is -0.0851. The van der Waals surface area contributed by atoms with Gasteiger partial charge in [-0.3, -0.25) is 9.59 Å². The van der Waals surface area contributed by atoms with Crippen LogP contribution < -0.4 is 4.90 Å². The van der Waals surface area contributed by atoms with E-state index in [4.69, 9.17) is 11.6 Å². The fourth-order valence-electron chi connectivity index (χ4n) is 3.79. The van der Waals surface area contributed by atoms with Gasteiger partial charge in [-0.2, -0.15) is 0 Å². The van der Waals surface area contributed by atoms with Gasteiger partial charge in [0, 0.05) is 62.8 Å². The van der Waals surface area contributed by atoms with E-state index in [0.717, 1.165) is 30.8 Å². The number of hydrogen-bond acceptors (Lipinski definition) is 4. The molecule has 1 heterocycles. The summed E-state index contributed by atoms with van der Waals surface area (Å²) in [4.78, 5) is 31.0. The zero-order valence-electron chi connectivity index (χ0n) is 17.8. The number of benzene rings is 2. The molecule has 0 aliphatic carbocycles. The molecular formula is C24H30ClN3O3. The summed E-state index contributed by atoms with van der Waals surface area (Å²) >= 11 is 5.95. The number of piperazine rings is 1. The molecule has 0 bridgehead atoms. The normalized spacial score (nSPS) is 13.9. The molecule has 7 heteroatoms. The number of anilines is 1. The second-order valence-corrected chi connectivity index (χ2v) is 8.12. The summed E-state index contributed by atoms with van der Waals surface area (Å²) in [6, 6.07) is 17.7. The zero-order chi connectivity index (χ0) is 22.1. The molecule has 31 heavy (non-hydrogen) atoms. The largest absolute Gasteiger partial charge is 0.395 e. The number of aliphatic hydroxyl groups excluding tert-OH is 1. The Morgan fingerprint density at radius 2 is 1.58 bits per heavy atom. The van der Waals surface area contributed by atoms with E-state index >= 15 is 0 Å². The van der Waals surface area contributed by atoms with E-state index in [1.807, 2.05) is 59.5 Å². The summed E-state index contributed by atoms with van der Waals surface area (Å²) in [5.41, 5.74) is 2.25. The maximum Gasteiger partial charge on any atom is 0.223 e. The quantitative estimate of drug-likeness (QED) is 0.647. The highest BCUT2D eigenvalue weighted by Gasteiger charge is 2.22. The Morgan fingerprint density at radius 3 is 2.23 bits per heavy atom. The first-order valence-electron chi connectivity index (χ1n) is 10.8. The van der Waals surface area contributed by atoms with Crippen LogP contribution in [0.1, 0.15) is 18.4 Å². The third kappa shape index (κ3) is 6.97. The minimum absolute atomic E-state index is 0.0103. The van der Waals surface area contributed by atoms with Gasteiger partial charge < -0.3 is 19.8 Å². The van der Waals surface area contributed by atoms with Crippen molar-refractivity contribution in [1.82, 2.24) is 9.80 Å². The summed E-state index contributed by atoms with van der Waals surface area (Å²) in [6.07, 6.45) is 1.10. The fourth-order valence-corrected chi connectivity index (χ4v) is 3.91. The lowest BCUT2D eigenvalue weighted by Crippen LogP contribution is -2.49. The molecule has 0 atom stereocenters. The van der Waals surface area contributed by atoms with Gasteiger partial charge >= 0.3 is 0 Å². The van der Waals surface area contributed by atoms with Crippen molar-refractivity contribution in [3.05, 3.63) is 65.2 Å². The lowest BCUT2D eigenvalue weighted by Gasteiger charge is -2.36. The van der Waals surface area contributed by atoms with E-state index < -0.39 is 0 Å². The summed E-state index contributed by atoms with van der Waals surface area (Å²) in [5, 5.41) is 10.0. The second kappa shape index (κ2) is 11.7. The highest BCUT2D eigenvalue weighted by atomic mass is 35.5. The van der Waals surface area contributed by atoms with E-state index in [-0.39, 0.29) is 31.3 Å². The predicted molar refractivity (Wildman–Crippen MR) is 123 cm³/mol. The molecular weight excluding hydrogens is 414 g/mol. The number of hydrogen-bond donors (Lipinski definition) is 1. The summed E-state index contributed by atoms with van der Waals surface area (Å²) < 4.78 is 0. The summed E-state index contributed by atoms with van der Waals surface area (Å²) in [7, 11) is 0. The molecule has 1 aliphatic heterocycles. The van der Waals surface area contributed by atoms with Crippen LogP contribution in [0.2, 0.25) is 5.02 Å². The Hall–Kier alpha value is -2.57. The van der Waals surface area contributed by atoms with E-state index in [1.54, 1.807) is 4.90 Å². The molecule has 1 fully saturated rings. The van der Waals surface area contributed by atoms with Crippen LogP contribution in [0.5, 0.6) is 0 Å². The summed E-state index contributed by atoms with van der Waals surface area (Å²) in [5.74, 6) is -0.0748. The molecule has 166 valence electrons. The Labute approximate surface area is 189 Å². The molecule has 0 radical (unpaired) electrons. The number of aliphatic hydroxyl groups is 1. The van der Waals surface area contributed by atoms with Gasteiger partial charge in [0.2, 0.25) is 11.8 Å². The van der Waals surface area contributed by atoms with Gasteiger partial charge in [0.25, 0.3) is 0 Å². The van der Waals surface area contributed by atoms with Gasteiger partial charge in [-0.05, 0) is 36.2 Å². The average Bonchev–Trinajstić information content (AvgIpc) is 2.81. The number of halogens is 1. The van der Waals surface area contributed by atoms with Crippen molar-refractivity contribution >= 4 is 29.1 Å². The van der Waals surface area contributed by atoms with Gasteiger partial charge in [-0.1, -0.05) is 41.9 Å². The van der Waals surface area contributed by atoms with Crippen LogP contribution >= 0.6 is 11.6 Å². The molecule has 3 rings (SSSR count). The lowest BCUT2D eigenvalue weighted by atomic mass is 10.1. The highest BCUT2D eigenvalue weighted by molar-refractivity contribution is 6.30. The molecule has 2 aromatic carbocycles. The van der Waals surface area contributed by atoms with Crippen molar-refractivity contribution < 1.29 is 14.7 Å². The maximum absolute atomic E-state index is 12.6. The predicted octanol–water partition coefficient (Wildman–Crippen LogP) is 2.83. The third-order valence-corrected chi connectivity index (χ3v) is 5.86.